The molecule has 0 aliphatic heterocycles. The van der Waals surface area contributed by atoms with Gasteiger partial charge in [-0.3, -0.25) is 0 Å². The molecule has 1 nitrogen and oxygen atoms in total. The number of rotatable bonds is 7. The van der Waals surface area contributed by atoms with Crippen molar-refractivity contribution in [3.8, 4) is 0 Å². The molecule has 21 heavy (non-hydrogen) atoms. The molecule has 0 fully saturated rings. The van der Waals surface area contributed by atoms with Crippen LogP contribution in [0, 0.1) is 25.2 Å². The molecule has 0 amide bonds. The minimum absolute atomic E-state index is 0.414. The molecular formula is C20H35N. The minimum atomic E-state index is 0.414. The Morgan fingerprint density at radius 3 is 2.33 bits per heavy atom. The predicted octanol–water partition coefficient (Wildman–Crippen LogP) is 5.81. The molecule has 1 aromatic rings. The highest BCUT2D eigenvalue weighted by Crippen LogP contribution is 2.31. The van der Waals surface area contributed by atoms with Gasteiger partial charge in [0.05, 0.1) is 0 Å². The van der Waals surface area contributed by atoms with E-state index < -0.39 is 0 Å². The zero-order valence-corrected chi connectivity index (χ0v) is 15.2. The smallest absolute Gasteiger partial charge is 0.0325 e. The van der Waals surface area contributed by atoms with Crippen LogP contribution in [-0.2, 0) is 0 Å². The predicted molar refractivity (Wildman–Crippen MR) is 94.8 cm³/mol. The number of hydrogen-bond donors (Lipinski definition) is 1. The first kappa shape index (κ1) is 18.2. The van der Waals surface area contributed by atoms with Crippen molar-refractivity contribution in [2.75, 3.05) is 6.54 Å². The van der Waals surface area contributed by atoms with Gasteiger partial charge in [-0.2, -0.15) is 0 Å². The molecule has 2 atom stereocenters. The summed E-state index contributed by atoms with van der Waals surface area (Å²) in [7, 11) is 0. The van der Waals surface area contributed by atoms with Crippen molar-refractivity contribution in [2.24, 2.45) is 11.3 Å². The van der Waals surface area contributed by atoms with Crippen LogP contribution in [0.4, 0.5) is 0 Å². The summed E-state index contributed by atoms with van der Waals surface area (Å²) in [6, 6.07) is 7.37. The van der Waals surface area contributed by atoms with Crippen LogP contribution in [0.1, 0.15) is 76.6 Å². The van der Waals surface area contributed by atoms with Crippen molar-refractivity contribution in [1.82, 2.24) is 5.32 Å². The van der Waals surface area contributed by atoms with Crippen LogP contribution in [0.15, 0.2) is 18.2 Å². The Bertz CT molecular complexity index is 428. The summed E-state index contributed by atoms with van der Waals surface area (Å²) >= 11 is 0. The molecule has 1 N–H and O–H groups in total. The topological polar surface area (TPSA) is 12.0 Å². The molecule has 1 rings (SSSR count). The van der Waals surface area contributed by atoms with Crippen molar-refractivity contribution in [3.05, 3.63) is 34.9 Å². The standard InChI is InChI=1S/C20H35N/c1-8-11-21-19(13-16(3)14-20(5,6)7)18-10-9-15(2)12-17(18)4/h9-10,12,16,19,21H,8,11,13-14H2,1-7H3. The lowest BCUT2D eigenvalue weighted by atomic mass is 9.81. The SMILES string of the molecule is CCCNC(CC(C)CC(C)(C)C)c1ccc(C)cc1C. The van der Waals surface area contributed by atoms with Crippen molar-refractivity contribution in [3.63, 3.8) is 0 Å². The highest BCUT2D eigenvalue weighted by molar-refractivity contribution is 5.32. The zero-order chi connectivity index (χ0) is 16.0. The van der Waals surface area contributed by atoms with E-state index in [1.807, 2.05) is 0 Å². The Morgan fingerprint density at radius 2 is 1.81 bits per heavy atom. The normalized spacial score (nSPS) is 15.0. The summed E-state index contributed by atoms with van der Waals surface area (Å²) in [5, 5.41) is 3.76. The second-order valence-electron chi connectivity index (χ2n) is 7.97. The Balaban J connectivity index is 2.84. The van der Waals surface area contributed by atoms with Gasteiger partial charge in [0.2, 0.25) is 0 Å². The van der Waals surface area contributed by atoms with E-state index in [2.05, 4.69) is 72.0 Å². The van der Waals surface area contributed by atoms with Gasteiger partial charge in [0.15, 0.2) is 0 Å². The fourth-order valence-corrected chi connectivity index (χ4v) is 3.39. The molecule has 0 saturated heterocycles. The average molecular weight is 290 g/mol. The second-order valence-corrected chi connectivity index (χ2v) is 7.97. The summed E-state index contributed by atoms with van der Waals surface area (Å²) in [5.41, 5.74) is 4.67. The van der Waals surface area contributed by atoms with E-state index in [1.165, 1.54) is 36.0 Å². The Labute approximate surface area is 132 Å². The summed E-state index contributed by atoms with van der Waals surface area (Å²) in [6.45, 7) is 17.2. The zero-order valence-electron chi connectivity index (χ0n) is 15.2. The van der Waals surface area contributed by atoms with Crippen molar-refractivity contribution in [2.45, 2.75) is 73.8 Å². The van der Waals surface area contributed by atoms with E-state index in [0.29, 0.717) is 11.5 Å². The Morgan fingerprint density at radius 1 is 1.14 bits per heavy atom. The molecule has 120 valence electrons. The summed E-state index contributed by atoms with van der Waals surface area (Å²) < 4.78 is 0. The lowest BCUT2D eigenvalue weighted by molar-refractivity contribution is 0.275. The van der Waals surface area contributed by atoms with E-state index in [1.54, 1.807) is 0 Å². The molecule has 0 spiro atoms. The molecule has 2 unspecified atom stereocenters. The quantitative estimate of drug-likeness (QED) is 0.668. The first-order valence-corrected chi connectivity index (χ1v) is 8.53. The summed E-state index contributed by atoms with van der Waals surface area (Å²) in [4.78, 5) is 0. The molecule has 0 aliphatic carbocycles. The van der Waals surface area contributed by atoms with Crippen LogP contribution in [0.25, 0.3) is 0 Å². The maximum atomic E-state index is 3.76. The van der Waals surface area contributed by atoms with Crippen molar-refractivity contribution >= 4 is 0 Å². The number of nitrogens with one attached hydrogen (secondary N) is 1. The van der Waals surface area contributed by atoms with Gasteiger partial charge < -0.3 is 5.32 Å². The molecule has 1 aromatic carbocycles. The van der Waals surface area contributed by atoms with Gasteiger partial charge in [0.25, 0.3) is 0 Å². The third kappa shape index (κ3) is 6.65. The van der Waals surface area contributed by atoms with Gasteiger partial charge >= 0.3 is 0 Å². The lowest BCUT2D eigenvalue weighted by Gasteiger charge is -2.28. The molecular weight excluding hydrogens is 254 g/mol. The maximum absolute atomic E-state index is 3.76. The molecule has 0 aromatic heterocycles. The lowest BCUT2D eigenvalue weighted by Crippen LogP contribution is -2.26. The fraction of sp³-hybridized carbons (Fsp3) is 0.700. The fourth-order valence-electron chi connectivity index (χ4n) is 3.39. The van der Waals surface area contributed by atoms with Crippen LogP contribution >= 0.6 is 0 Å². The number of hydrogen-bond acceptors (Lipinski definition) is 1. The third-order valence-corrected chi connectivity index (χ3v) is 4.04. The van der Waals surface area contributed by atoms with E-state index >= 15 is 0 Å². The minimum Gasteiger partial charge on any atom is -0.310 e. The van der Waals surface area contributed by atoms with Gasteiger partial charge in [-0.1, -0.05) is 58.4 Å². The van der Waals surface area contributed by atoms with Crippen molar-refractivity contribution < 1.29 is 0 Å². The molecule has 0 bridgehead atoms. The first-order chi connectivity index (χ1) is 9.73. The molecule has 1 heteroatoms. The van der Waals surface area contributed by atoms with E-state index in [-0.39, 0.29) is 0 Å². The monoisotopic (exact) mass is 289 g/mol. The van der Waals surface area contributed by atoms with Gasteiger partial charge in [-0.15, -0.1) is 0 Å². The maximum Gasteiger partial charge on any atom is 0.0325 e. The van der Waals surface area contributed by atoms with E-state index in [9.17, 15) is 0 Å². The van der Waals surface area contributed by atoms with Crippen LogP contribution in [-0.4, -0.2) is 6.54 Å². The van der Waals surface area contributed by atoms with Crippen LogP contribution < -0.4 is 5.32 Å². The first-order valence-electron chi connectivity index (χ1n) is 8.53. The number of benzene rings is 1. The van der Waals surface area contributed by atoms with Crippen LogP contribution in [0.5, 0.6) is 0 Å². The highest BCUT2D eigenvalue weighted by atomic mass is 14.9. The average Bonchev–Trinajstić information content (AvgIpc) is 2.32. The van der Waals surface area contributed by atoms with Gasteiger partial charge in [0.1, 0.15) is 0 Å². The van der Waals surface area contributed by atoms with E-state index in [4.69, 9.17) is 0 Å². The summed E-state index contributed by atoms with van der Waals surface area (Å²) in [6.07, 6.45) is 3.69. The van der Waals surface area contributed by atoms with Crippen LogP contribution in [0.2, 0.25) is 0 Å². The molecule has 0 saturated carbocycles. The summed E-state index contributed by atoms with van der Waals surface area (Å²) in [5.74, 6) is 0.736. The molecule has 0 aliphatic rings. The van der Waals surface area contributed by atoms with E-state index in [0.717, 1.165) is 12.5 Å². The number of aryl methyl sites for hydroxylation is 2. The highest BCUT2D eigenvalue weighted by Gasteiger charge is 2.20. The molecule has 0 radical (unpaired) electrons. The third-order valence-electron chi connectivity index (χ3n) is 4.04. The van der Waals surface area contributed by atoms with Crippen molar-refractivity contribution in [1.29, 1.82) is 0 Å². The van der Waals surface area contributed by atoms with Gasteiger partial charge in [-0.05, 0) is 62.1 Å². The molecule has 0 heterocycles. The van der Waals surface area contributed by atoms with Gasteiger partial charge in [-0.25, -0.2) is 0 Å². The largest absolute Gasteiger partial charge is 0.310 e. The Hall–Kier alpha value is -0.820. The Kier molecular flexibility index (Phi) is 6.93. The van der Waals surface area contributed by atoms with Gasteiger partial charge in [0, 0.05) is 6.04 Å². The second kappa shape index (κ2) is 7.98. The van der Waals surface area contributed by atoms with Crippen LogP contribution in [0.3, 0.4) is 0 Å².